The van der Waals surface area contributed by atoms with E-state index in [9.17, 15) is 4.79 Å². The van der Waals surface area contributed by atoms with Gasteiger partial charge in [-0.15, -0.1) is 0 Å². The van der Waals surface area contributed by atoms with Crippen molar-refractivity contribution < 1.29 is 4.79 Å². The van der Waals surface area contributed by atoms with Gasteiger partial charge in [0.05, 0.1) is 23.1 Å². The standard InChI is InChI=1S/C17H23ClN4O/c1-11(2)7-14(9-19)21-17(23)16-10-20-22(12(16)3)15-6-4-5-13(18)8-15/h4-6,8,10-11,14H,7,9,19H2,1-3H3,(H,21,23). The van der Waals surface area contributed by atoms with Crippen LogP contribution in [0.2, 0.25) is 5.02 Å². The summed E-state index contributed by atoms with van der Waals surface area (Å²) in [6.07, 6.45) is 2.43. The van der Waals surface area contributed by atoms with Crippen LogP contribution in [-0.2, 0) is 0 Å². The molecular formula is C17H23ClN4O. The van der Waals surface area contributed by atoms with Gasteiger partial charge in [-0.25, -0.2) is 4.68 Å². The van der Waals surface area contributed by atoms with Crippen LogP contribution in [0, 0.1) is 12.8 Å². The highest BCUT2D eigenvalue weighted by Crippen LogP contribution is 2.18. The Balaban J connectivity index is 2.20. The molecule has 1 atom stereocenters. The minimum atomic E-state index is -0.146. The fourth-order valence-corrected chi connectivity index (χ4v) is 2.73. The van der Waals surface area contributed by atoms with Crippen LogP contribution in [0.3, 0.4) is 0 Å². The maximum absolute atomic E-state index is 12.5. The van der Waals surface area contributed by atoms with Gasteiger partial charge < -0.3 is 11.1 Å². The fraction of sp³-hybridized carbons (Fsp3) is 0.412. The van der Waals surface area contributed by atoms with Crippen LogP contribution in [0.4, 0.5) is 0 Å². The quantitative estimate of drug-likeness (QED) is 0.853. The molecule has 0 saturated carbocycles. The van der Waals surface area contributed by atoms with Crippen molar-refractivity contribution in [2.45, 2.75) is 33.2 Å². The van der Waals surface area contributed by atoms with Crippen molar-refractivity contribution in [1.29, 1.82) is 0 Å². The summed E-state index contributed by atoms with van der Waals surface area (Å²) >= 11 is 6.02. The summed E-state index contributed by atoms with van der Waals surface area (Å²) in [5.41, 5.74) is 7.89. The van der Waals surface area contributed by atoms with Gasteiger partial charge >= 0.3 is 0 Å². The first kappa shape index (κ1) is 17.5. The first-order chi connectivity index (χ1) is 10.9. The Labute approximate surface area is 141 Å². The average Bonchev–Trinajstić information content (AvgIpc) is 2.87. The SMILES string of the molecule is Cc1c(C(=O)NC(CN)CC(C)C)cnn1-c1cccc(Cl)c1. The molecule has 0 saturated heterocycles. The molecule has 0 fully saturated rings. The molecule has 0 aliphatic rings. The third-order valence-electron chi connectivity index (χ3n) is 3.68. The lowest BCUT2D eigenvalue weighted by Gasteiger charge is -2.18. The van der Waals surface area contributed by atoms with E-state index in [1.165, 1.54) is 0 Å². The van der Waals surface area contributed by atoms with Gasteiger partial charge in [0.1, 0.15) is 0 Å². The number of carbonyl (C=O) groups is 1. The van der Waals surface area contributed by atoms with Crippen LogP contribution in [0.25, 0.3) is 5.69 Å². The molecule has 1 unspecified atom stereocenters. The molecule has 2 rings (SSSR count). The van der Waals surface area contributed by atoms with Gasteiger partial charge in [-0.05, 0) is 37.5 Å². The number of halogens is 1. The Bertz CT molecular complexity index is 681. The Morgan fingerprint density at radius 1 is 1.43 bits per heavy atom. The van der Waals surface area contributed by atoms with Crippen molar-refractivity contribution >= 4 is 17.5 Å². The van der Waals surface area contributed by atoms with Crippen LogP contribution < -0.4 is 11.1 Å². The molecule has 1 aromatic carbocycles. The lowest BCUT2D eigenvalue weighted by molar-refractivity contribution is 0.0933. The zero-order valence-corrected chi connectivity index (χ0v) is 14.5. The van der Waals surface area contributed by atoms with Crippen molar-refractivity contribution in [2.24, 2.45) is 11.7 Å². The van der Waals surface area contributed by atoms with E-state index in [1.54, 1.807) is 16.9 Å². The maximum atomic E-state index is 12.5. The lowest BCUT2D eigenvalue weighted by atomic mass is 10.0. The van der Waals surface area contributed by atoms with E-state index in [-0.39, 0.29) is 11.9 Å². The Morgan fingerprint density at radius 2 is 2.17 bits per heavy atom. The molecule has 0 aliphatic heterocycles. The molecule has 0 radical (unpaired) electrons. The average molecular weight is 335 g/mol. The number of amides is 1. The van der Waals surface area contributed by atoms with E-state index < -0.39 is 0 Å². The summed E-state index contributed by atoms with van der Waals surface area (Å²) in [6, 6.07) is 7.33. The van der Waals surface area contributed by atoms with Crippen LogP contribution in [0.15, 0.2) is 30.5 Å². The van der Waals surface area contributed by atoms with Gasteiger partial charge in [0.15, 0.2) is 0 Å². The van der Waals surface area contributed by atoms with Gasteiger partial charge in [-0.2, -0.15) is 5.10 Å². The summed E-state index contributed by atoms with van der Waals surface area (Å²) in [4.78, 5) is 12.5. The number of nitrogens with zero attached hydrogens (tertiary/aromatic N) is 2. The zero-order valence-electron chi connectivity index (χ0n) is 13.7. The Kier molecular flexibility index (Phi) is 5.80. The Hall–Kier alpha value is -1.85. The minimum Gasteiger partial charge on any atom is -0.348 e. The highest BCUT2D eigenvalue weighted by atomic mass is 35.5. The van der Waals surface area contributed by atoms with E-state index in [0.717, 1.165) is 17.8 Å². The number of hydrogen-bond donors (Lipinski definition) is 2. The molecule has 23 heavy (non-hydrogen) atoms. The molecule has 1 heterocycles. The maximum Gasteiger partial charge on any atom is 0.255 e. The number of hydrogen-bond acceptors (Lipinski definition) is 3. The summed E-state index contributed by atoms with van der Waals surface area (Å²) in [5.74, 6) is 0.325. The third-order valence-corrected chi connectivity index (χ3v) is 3.92. The molecule has 6 heteroatoms. The molecule has 2 aromatic rings. The largest absolute Gasteiger partial charge is 0.348 e. The van der Waals surface area contributed by atoms with Gasteiger partial charge in [0.2, 0.25) is 0 Å². The monoisotopic (exact) mass is 334 g/mol. The van der Waals surface area contributed by atoms with Crippen molar-refractivity contribution in [3.8, 4) is 5.69 Å². The minimum absolute atomic E-state index is 0.0311. The molecule has 0 bridgehead atoms. The predicted molar refractivity (Wildman–Crippen MR) is 93.1 cm³/mol. The second kappa shape index (κ2) is 7.62. The van der Waals surface area contributed by atoms with Crippen molar-refractivity contribution in [2.75, 3.05) is 6.54 Å². The number of carbonyl (C=O) groups excluding carboxylic acids is 1. The predicted octanol–water partition coefficient (Wildman–Crippen LogP) is 2.94. The molecule has 5 nitrogen and oxygen atoms in total. The first-order valence-corrected chi connectivity index (χ1v) is 8.11. The highest BCUT2D eigenvalue weighted by molar-refractivity contribution is 6.30. The topological polar surface area (TPSA) is 72.9 Å². The summed E-state index contributed by atoms with van der Waals surface area (Å²) in [7, 11) is 0. The number of rotatable bonds is 6. The molecular weight excluding hydrogens is 312 g/mol. The third kappa shape index (κ3) is 4.33. The van der Waals surface area contributed by atoms with E-state index in [2.05, 4.69) is 24.3 Å². The second-order valence-corrected chi connectivity index (χ2v) is 6.51. The summed E-state index contributed by atoms with van der Waals surface area (Å²) in [5, 5.41) is 7.92. The molecule has 0 spiro atoms. The van der Waals surface area contributed by atoms with Crippen molar-refractivity contribution in [3.63, 3.8) is 0 Å². The van der Waals surface area contributed by atoms with Gasteiger partial charge in [-0.1, -0.05) is 31.5 Å². The fourth-order valence-electron chi connectivity index (χ4n) is 2.55. The molecule has 124 valence electrons. The molecule has 3 N–H and O–H groups in total. The van der Waals surface area contributed by atoms with Gasteiger partial charge in [0.25, 0.3) is 5.91 Å². The normalized spacial score (nSPS) is 12.4. The number of nitrogens with one attached hydrogen (secondary N) is 1. The van der Waals surface area contributed by atoms with Gasteiger partial charge in [0, 0.05) is 17.6 Å². The number of aromatic nitrogens is 2. The Morgan fingerprint density at radius 3 is 2.78 bits per heavy atom. The summed E-state index contributed by atoms with van der Waals surface area (Å²) in [6.45, 7) is 6.50. The van der Waals surface area contributed by atoms with Crippen molar-refractivity contribution in [1.82, 2.24) is 15.1 Å². The molecule has 0 aliphatic carbocycles. The smallest absolute Gasteiger partial charge is 0.255 e. The van der Waals surface area contributed by atoms with E-state index in [4.69, 9.17) is 17.3 Å². The van der Waals surface area contributed by atoms with E-state index in [1.807, 2.05) is 25.1 Å². The van der Waals surface area contributed by atoms with Crippen LogP contribution >= 0.6 is 11.6 Å². The van der Waals surface area contributed by atoms with Crippen LogP contribution in [0.1, 0.15) is 36.3 Å². The first-order valence-electron chi connectivity index (χ1n) is 7.73. The highest BCUT2D eigenvalue weighted by Gasteiger charge is 2.18. The second-order valence-electron chi connectivity index (χ2n) is 6.07. The zero-order chi connectivity index (χ0) is 17.0. The van der Waals surface area contributed by atoms with E-state index in [0.29, 0.717) is 23.0 Å². The van der Waals surface area contributed by atoms with Crippen molar-refractivity contribution in [3.05, 3.63) is 46.7 Å². The van der Waals surface area contributed by atoms with Crippen LogP contribution in [0.5, 0.6) is 0 Å². The van der Waals surface area contributed by atoms with Gasteiger partial charge in [-0.3, -0.25) is 4.79 Å². The molecule has 1 aromatic heterocycles. The van der Waals surface area contributed by atoms with E-state index >= 15 is 0 Å². The number of benzene rings is 1. The number of nitrogens with two attached hydrogens (primary N) is 1. The van der Waals surface area contributed by atoms with Crippen LogP contribution in [-0.4, -0.2) is 28.3 Å². The lowest BCUT2D eigenvalue weighted by Crippen LogP contribution is -2.41. The molecule has 1 amide bonds. The summed E-state index contributed by atoms with van der Waals surface area (Å²) < 4.78 is 1.71.